The summed E-state index contributed by atoms with van der Waals surface area (Å²) >= 11 is 3.50. The summed E-state index contributed by atoms with van der Waals surface area (Å²) in [6, 6.07) is 8.19. The molecule has 1 saturated carbocycles. The van der Waals surface area contributed by atoms with Gasteiger partial charge in [0.25, 0.3) is 0 Å². The molecule has 4 heteroatoms. The van der Waals surface area contributed by atoms with Crippen LogP contribution in [-0.2, 0) is 10.2 Å². The number of halogens is 1. The van der Waals surface area contributed by atoms with Crippen molar-refractivity contribution in [3.63, 3.8) is 0 Å². The summed E-state index contributed by atoms with van der Waals surface area (Å²) in [5.74, 6) is 0.212. The van der Waals surface area contributed by atoms with Gasteiger partial charge in [0.05, 0.1) is 5.41 Å². The maximum absolute atomic E-state index is 12.6. The minimum Gasteiger partial charge on any atom is -0.355 e. The summed E-state index contributed by atoms with van der Waals surface area (Å²) in [5, 5.41) is 3.16. The Morgan fingerprint density at radius 2 is 2.00 bits per heavy atom. The molecule has 1 aromatic carbocycles. The summed E-state index contributed by atoms with van der Waals surface area (Å²) in [7, 11) is 0. The molecule has 2 aliphatic rings. The molecule has 3 nitrogen and oxygen atoms in total. The molecule has 1 N–H and O–H groups in total. The van der Waals surface area contributed by atoms with Crippen LogP contribution in [0.25, 0.3) is 0 Å². The van der Waals surface area contributed by atoms with E-state index in [4.69, 9.17) is 0 Å². The van der Waals surface area contributed by atoms with E-state index < -0.39 is 0 Å². The van der Waals surface area contributed by atoms with Crippen molar-refractivity contribution in [1.29, 1.82) is 0 Å². The van der Waals surface area contributed by atoms with Gasteiger partial charge in [0.2, 0.25) is 5.91 Å². The first-order valence-electron chi connectivity index (χ1n) is 8.47. The lowest BCUT2D eigenvalue weighted by atomic mass is 9.95. The van der Waals surface area contributed by atoms with Crippen LogP contribution in [0.5, 0.6) is 0 Å². The molecular weight excluding hydrogens is 340 g/mol. The van der Waals surface area contributed by atoms with Gasteiger partial charge in [-0.05, 0) is 69.4 Å². The average Bonchev–Trinajstić information content (AvgIpc) is 3.34. The zero-order valence-corrected chi connectivity index (χ0v) is 14.7. The zero-order chi connectivity index (χ0) is 15.4. The number of benzene rings is 1. The van der Waals surface area contributed by atoms with Crippen molar-refractivity contribution >= 4 is 21.8 Å². The number of likely N-dealkylation sites (tertiary alicyclic amines) is 1. The Balaban J connectivity index is 1.45. The molecule has 1 amide bonds. The predicted octanol–water partition coefficient (Wildman–Crippen LogP) is 3.47. The molecule has 0 radical (unpaired) electrons. The fraction of sp³-hybridized carbons (Fsp3) is 0.611. The van der Waals surface area contributed by atoms with Crippen molar-refractivity contribution in [3.8, 4) is 0 Å². The van der Waals surface area contributed by atoms with Crippen molar-refractivity contribution in [3.05, 3.63) is 34.3 Å². The normalized spacial score (nSPS) is 20.6. The maximum Gasteiger partial charge on any atom is 0.230 e. The van der Waals surface area contributed by atoms with Crippen LogP contribution in [0.1, 0.15) is 44.1 Å². The van der Waals surface area contributed by atoms with Crippen LogP contribution in [0.4, 0.5) is 0 Å². The summed E-state index contributed by atoms with van der Waals surface area (Å²) in [5.41, 5.74) is 0.893. The highest BCUT2D eigenvalue weighted by Crippen LogP contribution is 2.48. The Kier molecular flexibility index (Phi) is 5.19. The second-order valence-electron chi connectivity index (χ2n) is 6.60. The quantitative estimate of drug-likeness (QED) is 0.783. The minimum absolute atomic E-state index is 0.212. The molecule has 22 heavy (non-hydrogen) atoms. The van der Waals surface area contributed by atoms with E-state index in [1.807, 2.05) is 12.1 Å². The highest BCUT2D eigenvalue weighted by atomic mass is 79.9. The predicted molar refractivity (Wildman–Crippen MR) is 93.0 cm³/mol. The van der Waals surface area contributed by atoms with Crippen LogP contribution >= 0.6 is 15.9 Å². The molecule has 0 unspecified atom stereocenters. The molecule has 1 heterocycles. The van der Waals surface area contributed by atoms with Crippen LogP contribution in [0, 0.1) is 0 Å². The van der Waals surface area contributed by atoms with Crippen LogP contribution in [-0.4, -0.2) is 37.0 Å². The van der Waals surface area contributed by atoms with E-state index in [0.29, 0.717) is 0 Å². The number of rotatable bonds is 6. The smallest absolute Gasteiger partial charge is 0.230 e. The Morgan fingerprint density at radius 3 is 2.68 bits per heavy atom. The van der Waals surface area contributed by atoms with Crippen LogP contribution in [0.2, 0.25) is 0 Å². The molecule has 0 bridgehead atoms. The van der Waals surface area contributed by atoms with E-state index in [-0.39, 0.29) is 11.3 Å². The molecule has 2 fully saturated rings. The van der Waals surface area contributed by atoms with Gasteiger partial charge >= 0.3 is 0 Å². The van der Waals surface area contributed by atoms with Crippen LogP contribution < -0.4 is 5.32 Å². The molecule has 120 valence electrons. The van der Waals surface area contributed by atoms with E-state index in [0.717, 1.165) is 42.4 Å². The fourth-order valence-corrected chi connectivity index (χ4v) is 3.81. The maximum atomic E-state index is 12.6. The van der Waals surface area contributed by atoms with Crippen molar-refractivity contribution < 1.29 is 4.79 Å². The van der Waals surface area contributed by atoms with Crippen LogP contribution in [0.15, 0.2) is 28.7 Å². The van der Waals surface area contributed by atoms with E-state index in [1.165, 1.54) is 32.4 Å². The zero-order valence-electron chi connectivity index (χ0n) is 13.1. The molecule has 1 aliphatic carbocycles. The van der Waals surface area contributed by atoms with Crippen molar-refractivity contribution in [2.24, 2.45) is 0 Å². The molecule has 0 spiro atoms. The van der Waals surface area contributed by atoms with Crippen molar-refractivity contribution in [1.82, 2.24) is 10.2 Å². The van der Waals surface area contributed by atoms with Gasteiger partial charge in [-0.2, -0.15) is 0 Å². The van der Waals surface area contributed by atoms with E-state index >= 15 is 0 Å². The van der Waals surface area contributed by atoms with Crippen molar-refractivity contribution in [2.75, 3.05) is 26.2 Å². The van der Waals surface area contributed by atoms with Gasteiger partial charge in [-0.25, -0.2) is 0 Å². The van der Waals surface area contributed by atoms with Gasteiger partial charge in [-0.1, -0.05) is 34.5 Å². The van der Waals surface area contributed by atoms with Gasteiger partial charge in [0, 0.05) is 11.0 Å². The van der Waals surface area contributed by atoms with Gasteiger partial charge in [-0.15, -0.1) is 0 Å². The lowest BCUT2D eigenvalue weighted by Gasteiger charge is -2.26. The molecular formula is C18H25BrN2O. The average molecular weight is 365 g/mol. The third-order valence-electron chi connectivity index (χ3n) is 4.95. The largest absolute Gasteiger partial charge is 0.355 e. The first-order chi connectivity index (χ1) is 10.7. The Labute approximate surface area is 141 Å². The van der Waals surface area contributed by atoms with E-state index in [2.05, 4.69) is 38.3 Å². The summed E-state index contributed by atoms with van der Waals surface area (Å²) in [4.78, 5) is 15.1. The highest BCUT2D eigenvalue weighted by molar-refractivity contribution is 9.10. The second kappa shape index (κ2) is 7.14. The number of nitrogens with zero attached hydrogens (tertiary/aromatic N) is 1. The number of hydrogen-bond acceptors (Lipinski definition) is 2. The van der Waals surface area contributed by atoms with E-state index in [9.17, 15) is 4.79 Å². The number of nitrogens with one attached hydrogen (secondary N) is 1. The molecule has 1 aliphatic heterocycles. The number of amides is 1. The molecule has 1 aromatic rings. The first kappa shape index (κ1) is 16.0. The second-order valence-corrected chi connectivity index (χ2v) is 7.52. The molecule has 1 saturated heterocycles. The van der Waals surface area contributed by atoms with E-state index in [1.54, 1.807) is 0 Å². The monoisotopic (exact) mass is 364 g/mol. The molecule has 3 rings (SSSR count). The standard InChI is InChI=1S/C18H25BrN2O/c19-16-7-4-6-15(14-16)18(8-9-18)17(22)20-10-5-13-21-11-2-1-3-12-21/h4,6-7,14H,1-3,5,8-13H2,(H,20,22). The lowest BCUT2D eigenvalue weighted by molar-refractivity contribution is -0.123. The molecule has 0 aromatic heterocycles. The summed E-state index contributed by atoms with van der Waals surface area (Å²) in [6.45, 7) is 4.38. The minimum atomic E-state index is -0.255. The highest BCUT2D eigenvalue weighted by Gasteiger charge is 2.51. The van der Waals surface area contributed by atoms with Crippen molar-refractivity contribution in [2.45, 2.75) is 43.9 Å². The SMILES string of the molecule is O=C(NCCCN1CCCCC1)C1(c2cccc(Br)c2)CC1. The summed E-state index contributed by atoms with van der Waals surface area (Å²) < 4.78 is 1.05. The Bertz CT molecular complexity index is 522. The number of piperidine rings is 1. The number of carbonyl (C=O) groups is 1. The number of hydrogen-bond donors (Lipinski definition) is 1. The lowest BCUT2D eigenvalue weighted by Crippen LogP contribution is -2.37. The molecule has 0 atom stereocenters. The van der Waals surface area contributed by atoms with Crippen LogP contribution in [0.3, 0.4) is 0 Å². The third-order valence-corrected chi connectivity index (χ3v) is 5.44. The fourth-order valence-electron chi connectivity index (χ4n) is 3.41. The summed E-state index contributed by atoms with van der Waals surface area (Å²) in [6.07, 6.45) is 7.04. The van der Waals surface area contributed by atoms with Gasteiger partial charge in [-0.3, -0.25) is 4.79 Å². The number of carbonyl (C=O) groups excluding carboxylic acids is 1. The topological polar surface area (TPSA) is 32.3 Å². The van der Waals surface area contributed by atoms with Gasteiger partial charge < -0.3 is 10.2 Å². The first-order valence-corrected chi connectivity index (χ1v) is 9.27. The Morgan fingerprint density at radius 1 is 1.23 bits per heavy atom. The van der Waals surface area contributed by atoms with Gasteiger partial charge in [0.1, 0.15) is 0 Å². The third kappa shape index (κ3) is 3.72. The van der Waals surface area contributed by atoms with Gasteiger partial charge in [0.15, 0.2) is 0 Å². The Hall–Kier alpha value is -0.870.